The fraction of sp³-hybridized carbons (Fsp3) is 0.0556. The lowest BCUT2D eigenvalue weighted by atomic mass is 10.2. The van der Waals surface area contributed by atoms with Gasteiger partial charge in [0.1, 0.15) is 17.5 Å². The molecule has 0 unspecified atom stereocenters. The van der Waals surface area contributed by atoms with Gasteiger partial charge in [-0.1, -0.05) is 11.6 Å². The molecule has 0 bridgehead atoms. The second-order valence-corrected chi connectivity index (χ2v) is 5.92. The molecule has 1 aromatic carbocycles. The number of halogens is 3. The smallest absolute Gasteiger partial charge is 0.154 e. The first-order valence-electron chi connectivity index (χ1n) is 7.75. The molecule has 4 rings (SSSR count). The molecule has 0 aliphatic carbocycles. The van der Waals surface area contributed by atoms with Crippen LogP contribution in [-0.2, 0) is 6.54 Å². The van der Waals surface area contributed by atoms with Crippen molar-refractivity contribution in [3.8, 4) is 11.3 Å². The highest BCUT2D eigenvalue weighted by Gasteiger charge is 2.13. The standard InChI is InChI=1S/C18H12ClF2N5/c19-18-12(13(20)1-2-14(18)21)9-23-16-3-4-17-24-10-15(26(17)25-16)11-5-7-22-8-6-11/h1-8,10H,9H2,(H,23,25). The number of nitrogens with zero attached hydrogens (tertiary/aromatic N) is 4. The van der Waals surface area contributed by atoms with Crippen molar-refractivity contribution in [2.75, 3.05) is 5.32 Å². The molecule has 0 radical (unpaired) electrons. The Labute approximate surface area is 152 Å². The van der Waals surface area contributed by atoms with Crippen LogP contribution >= 0.6 is 11.6 Å². The number of imidazole rings is 1. The first kappa shape index (κ1) is 16.4. The predicted molar refractivity (Wildman–Crippen MR) is 94.9 cm³/mol. The average molecular weight is 372 g/mol. The van der Waals surface area contributed by atoms with Crippen LogP contribution in [0.1, 0.15) is 5.56 Å². The van der Waals surface area contributed by atoms with E-state index < -0.39 is 11.6 Å². The van der Waals surface area contributed by atoms with E-state index in [9.17, 15) is 8.78 Å². The molecule has 5 nitrogen and oxygen atoms in total. The van der Waals surface area contributed by atoms with E-state index in [0.29, 0.717) is 11.5 Å². The van der Waals surface area contributed by atoms with Gasteiger partial charge >= 0.3 is 0 Å². The zero-order valence-electron chi connectivity index (χ0n) is 13.3. The van der Waals surface area contributed by atoms with Crippen molar-refractivity contribution >= 4 is 23.1 Å². The minimum atomic E-state index is -0.664. The highest BCUT2D eigenvalue weighted by Crippen LogP contribution is 2.24. The van der Waals surface area contributed by atoms with Gasteiger partial charge < -0.3 is 5.32 Å². The van der Waals surface area contributed by atoms with Gasteiger partial charge in [0.05, 0.1) is 16.9 Å². The van der Waals surface area contributed by atoms with Crippen LogP contribution in [0.2, 0.25) is 5.02 Å². The molecule has 1 N–H and O–H groups in total. The molecule has 0 amide bonds. The van der Waals surface area contributed by atoms with Crippen LogP contribution in [0.25, 0.3) is 16.9 Å². The van der Waals surface area contributed by atoms with Gasteiger partial charge in [-0.2, -0.15) is 0 Å². The van der Waals surface area contributed by atoms with Gasteiger partial charge in [-0.05, 0) is 36.4 Å². The van der Waals surface area contributed by atoms with Crippen molar-refractivity contribution in [3.05, 3.63) is 77.2 Å². The summed E-state index contributed by atoms with van der Waals surface area (Å²) >= 11 is 5.85. The molecule has 3 heterocycles. The van der Waals surface area contributed by atoms with Crippen molar-refractivity contribution in [2.45, 2.75) is 6.54 Å². The van der Waals surface area contributed by atoms with Crippen LogP contribution in [-0.4, -0.2) is 19.6 Å². The Kier molecular flexibility index (Phi) is 4.22. The zero-order valence-corrected chi connectivity index (χ0v) is 14.1. The lowest BCUT2D eigenvalue weighted by molar-refractivity contribution is 0.588. The number of aromatic nitrogens is 4. The Hall–Kier alpha value is -3.06. The van der Waals surface area contributed by atoms with Gasteiger partial charge in [0, 0.05) is 30.1 Å². The lowest BCUT2D eigenvalue weighted by Crippen LogP contribution is -2.07. The molecule has 0 aliphatic heterocycles. The largest absolute Gasteiger partial charge is 0.364 e. The highest BCUT2D eigenvalue weighted by atomic mass is 35.5. The molecule has 0 aliphatic rings. The van der Waals surface area contributed by atoms with E-state index in [-0.39, 0.29) is 17.1 Å². The Morgan fingerprint density at radius 2 is 1.77 bits per heavy atom. The summed E-state index contributed by atoms with van der Waals surface area (Å²) in [6.07, 6.45) is 5.08. The van der Waals surface area contributed by atoms with Crippen molar-refractivity contribution in [2.24, 2.45) is 0 Å². The quantitative estimate of drug-likeness (QED) is 0.542. The van der Waals surface area contributed by atoms with Gasteiger partial charge in [0.2, 0.25) is 0 Å². The zero-order chi connectivity index (χ0) is 18.1. The minimum absolute atomic E-state index is 0.000219. The van der Waals surface area contributed by atoms with Gasteiger partial charge in [-0.25, -0.2) is 18.3 Å². The second-order valence-electron chi connectivity index (χ2n) is 5.54. The van der Waals surface area contributed by atoms with Crippen LogP contribution in [0.5, 0.6) is 0 Å². The molecular weight excluding hydrogens is 360 g/mol. The SMILES string of the molecule is Fc1ccc(F)c(CNc2ccc3ncc(-c4ccncc4)n3n2)c1Cl. The van der Waals surface area contributed by atoms with Gasteiger partial charge in [-0.15, -0.1) is 5.10 Å². The summed E-state index contributed by atoms with van der Waals surface area (Å²) in [5.41, 5.74) is 2.42. The van der Waals surface area contributed by atoms with Crippen molar-refractivity contribution in [1.82, 2.24) is 19.6 Å². The van der Waals surface area contributed by atoms with Crippen molar-refractivity contribution in [1.29, 1.82) is 0 Å². The van der Waals surface area contributed by atoms with Gasteiger partial charge in [0.15, 0.2) is 5.65 Å². The molecular formula is C18H12ClF2N5. The van der Waals surface area contributed by atoms with Gasteiger partial charge in [0.25, 0.3) is 0 Å². The molecule has 3 aromatic heterocycles. The lowest BCUT2D eigenvalue weighted by Gasteiger charge is -2.10. The number of benzene rings is 1. The van der Waals surface area contributed by atoms with E-state index in [4.69, 9.17) is 11.6 Å². The van der Waals surface area contributed by atoms with Crippen LogP contribution in [0.3, 0.4) is 0 Å². The Morgan fingerprint density at radius 1 is 1.00 bits per heavy atom. The summed E-state index contributed by atoms with van der Waals surface area (Å²) in [7, 11) is 0. The summed E-state index contributed by atoms with van der Waals surface area (Å²) in [4.78, 5) is 8.31. The molecule has 26 heavy (non-hydrogen) atoms. The van der Waals surface area contributed by atoms with Crippen molar-refractivity contribution < 1.29 is 8.78 Å². The fourth-order valence-electron chi connectivity index (χ4n) is 2.60. The summed E-state index contributed by atoms with van der Waals surface area (Å²) < 4.78 is 29.1. The molecule has 8 heteroatoms. The summed E-state index contributed by atoms with van der Waals surface area (Å²) in [5.74, 6) is -0.765. The number of nitrogens with one attached hydrogen (secondary N) is 1. The Balaban J connectivity index is 1.65. The maximum atomic E-state index is 13.9. The topological polar surface area (TPSA) is 55.1 Å². The first-order valence-corrected chi connectivity index (χ1v) is 8.13. The predicted octanol–water partition coefficient (Wildman–Crippen LogP) is 4.34. The maximum Gasteiger partial charge on any atom is 0.154 e. The third kappa shape index (κ3) is 2.97. The summed E-state index contributed by atoms with van der Waals surface area (Å²) in [6, 6.07) is 9.25. The molecule has 4 aromatic rings. The molecule has 0 saturated carbocycles. The van der Waals surface area contributed by atoms with E-state index in [1.807, 2.05) is 12.1 Å². The molecule has 0 spiro atoms. The van der Waals surface area contributed by atoms with Crippen molar-refractivity contribution in [3.63, 3.8) is 0 Å². The molecule has 0 saturated heterocycles. The van der Waals surface area contributed by atoms with Crippen LogP contribution < -0.4 is 5.32 Å². The first-order chi connectivity index (χ1) is 12.6. The van der Waals surface area contributed by atoms with Crippen LogP contribution in [0, 0.1) is 11.6 Å². The van der Waals surface area contributed by atoms with E-state index in [1.165, 1.54) is 0 Å². The van der Waals surface area contributed by atoms with E-state index in [0.717, 1.165) is 23.4 Å². The summed E-state index contributed by atoms with van der Waals surface area (Å²) in [5, 5.41) is 7.20. The number of fused-ring (bicyclic) bond motifs is 1. The number of pyridine rings is 1. The third-order valence-electron chi connectivity index (χ3n) is 3.92. The third-order valence-corrected chi connectivity index (χ3v) is 4.33. The number of anilines is 1. The molecule has 0 fully saturated rings. The van der Waals surface area contributed by atoms with Crippen LogP contribution in [0.4, 0.5) is 14.6 Å². The Bertz CT molecular complexity index is 1080. The maximum absolute atomic E-state index is 13.9. The average Bonchev–Trinajstić information content (AvgIpc) is 3.09. The number of hydrogen-bond donors (Lipinski definition) is 1. The number of rotatable bonds is 4. The van der Waals surface area contributed by atoms with Gasteiger partial charge in [-0.3, -0.25) is 4.98 Å². The van der Waals surface area contributed by atoms with Crippen LogP contribution in [0.15, 0.2) is 55.0 Å². The molecule has 130 valence electrons. The molecule has 0 atom stereocenters. The van der Waals surface area contributed by atoms with E-state index in [2.05, 4.69) is 20.4 Å². The minimum Gasteiger partial charge on any atom is -0.364 e. The summed E-state index contributed by atoms with van der Waals surface area (Å²) in [6.45, 7) is 0.000219. The van der Waals surface area contributed by atoms with E-state index >= 15 is 0 Å². The second kappa shape index (κ2) is 6.68. The Morgan fingerprint density at radius 3 is 2.58 bits per heavy atom. The highest BCUT2D eigenvalue weighted by molar-refractivity contribution is 6.31. The van der Waals surface area contributed by atoms with E-state index in [1.54, 1.807) is 35.2 Å². The number of hydrogen-bond acceptors (Lipinski definition) is 4. The normalized spacial score (nSPS) is 11.0. The monoisotopic (exact) mass is 371 g/mol. The fourth-order valence-corrected chi connectivity index (χ4v) is 2.82.